The number of alkyl halides is 1. The molecule has 6 heteroatoms. The molecular weight excluding hydrogens is 402 g/mol. The van der Waals surface area contributed by atoms with Gasteiger partial charge in [-0.2, -0.15) is 0 Å². The molecule has 0 saturated carbocycles. The molecule has 0 fully saturated rings. The first-order valence-electron chi connectivity index (χ1n) is 8.24. The van der Waals surface area contributed by atoms with Crippen LogP contribution < -0.4 is 0 Å². The van der Waals surface area contributed by atoms with Gasteiger partial charge >= 0.3 is 0 Å². The number of hydrogen-bond donors (Lipinski definition) is 0. The number of benzene rings is 2. The van der Waals surface area contributed by atoms with Crippen molar-refractivity contribution in [2.75, 3.05) is 5.33 Å². The van der Waals surface area contributed by atoms with E-state index in [0.717, 1.165) is 28.3 Å². The van der Waals surface area contributed by atoms with E-state index in [1.54, 1.807) is 36.4 Å². The molecule has 0 aromatic heterocycles. The molecule has 1 aliphatic heterocycles. The van der Waals surface area contributed by atoms with Crippen molar-refractivity contribution < 1.29 is 13.2 Å². The Morgan fingerprint density at radius 1 is 1.12 bits per heavy atom. The Balaban J connectivity index is 2.13. The largest absolute Gasteiger partial charge is 0.268 e. The number of rotatable bonds is 3. The molecule has 2 aromatic carbocycles. The van der Waals surface area contributed by atoms with Gasteiger partial charge in [-0.3, -0.25) is 4.79 Å². The maximum atomic E-state index is 13.2. The Morgan fingerprint density at radius 2 is 1.80 bits per heavy atom. The summed E-state index contributed by atoms with van der Waals surface area (Å²) in [7, 11) is -3.92. The molecule has 1 heterocycles. The van der Waals surface area contributed by atoms with Crippen LogP contribution in [0.25, 0.3) is 0 Å². The van der Waals surface area contributed by atoms with Crippen LogP contribution in [0.15, 0.2) is 53.4 Å². The zero-order valence-electron chi connectivity index (χ0n) is 14.0. The van der Waals surface area contributed by atoms with Crippen molar-refractivity contribution in [3.05, 3.63) is 65.2 Å². The van der Waals surface area contributed by atoms with E-state index in [1.807, 2.05) is 19.1 Å². The van der Waals surface area contributed by atoms with E-state index in [1.165, 1.54) is 0 Å². The van der Waals surface area contributed by atoms with Gasteiger partial charge in [-0.05, 0) is 49.9 Å². The summed E-state index contributed by atoms with van der Waals surface area (Å²) in [6.07, 6.45) is 2.25. The van der Waals surface area contributed by atoms with E-state index in [-0.39, 0.29) is 4.90 Å². The predicted octanol–water partition coefficient (Wildman–Crippen LogP) is 3.93. The Morgan fingerprint density at radius 3 is 2.48 bits per heavy atom. The standard InChI is InChI=1S/C19H20BrNO3S/c1-14-9-11-17(12-10-14)25(23,24)21-16(13-20)7-4-6-15-5-2-3-8-18(15)19(21)22/h2-3,5,8-12,16H,4,6-7,13H2,1H3. The van der Waals surface area contributed by atoms with Crippen LogP contribution in [-0.4, -0.2) is 30.0 Å². The molecule has 0 radical (unpaired) electrons. The fourth-order valence-corrected chi connectivity index (χ4v) is 5.55. The Kier molecular flexibility index (Phi) is 5.29. The van der Waals surface area contributed by atoms with E-state index in [0.29, 0.717) is 17.3 Å². The molecule has 1 atom stereocenters. The number of aryl methyl sites for hydroxylation is 2. The maximum Gasteiger partial charge on any atom is 0.268 e. The SMILES string of the molecule is Cc1ccc(S(=O)(=O)N2C(=O)c3ccccc3CCCC2CBr)cc1. The summed E-state index contributed by atoms with van der Waals surface area (Å²) in [6.45, 7) is 1.90. The second-order valence-corrected chi connectivity index (χ2v) is 8.74. The van der Waals surface area contributed by atoms with Crippen LogP contribution in [0.1, 0.15) is 34.3 Å². The molecule has 0 bridgehead atoms. The molecule has 2 aromatic rings. The van der Waals surface area contributed by atoms with Crippen LogP contribution in [0.2, 0.25) is 0 Å². The number of halogens is 1. The van der Waals surface area contributed by atoms with Gasteiger partial charge < -0.3 is 0 Å². The number of carbonyl (C=O) groups is 1. The van der Waals surface area contributed by atoms with E-state index in [4.69, 9.17) is 0 Å². The molecular formula is C19H20BrNO3S. The summed E-state index contributed by atoms with van der Waals surface area (Å²) in [5.41, 5.74) is 2.36. The zero-order valence-corrected chi connectivity index (χ0v) is 16.4. The average Bonchev–Trinajstić information content (AvgIpc) is 2.59. The lowest BCUT2D eigenvalue weighted by Gasteiger charge is -2.32. The molecule has 4 nitrogen and oxygen atoms in total. The smallest absolute Gasteiger partial charge is 0.268 e. The highest BCUT2D eigenvalue weighted by Crippen LogP contribution is 2.28. The third-order valence-corrected chi connectivity index (χ3v) is 7.12. The van der Waals surface area contributed by atoms with Gasteiger partial charge in [0.15, 0.2) is 0 Å². The van der Waals surface area contributed by atoms with Gasteiger partial charge in [0, 0.05) is 10.9 Å². The lowest BCUT2D eigenvalue weighted by atomic mass is 9.97. The minimum Gasteiger partial charge on any atom is -0.268 e. The van der Waals surface area contributed by atoms with Crippen LogP contribution >= 0.6 is 15.9 Å². The summed E-state index contributed by atoms with van der Waals surface area (Å²) >= 11 is 3.40. The Labute approximate surface area is 157 Å². The van der Waals surface area contributed by atoms with Crippen LogP contribution in [-0.2, 0) is 16.4 Å². The molecule has 0 N–H and O–H groups in total. The van der Waals surface area contributed by atoms with Gasteiger partial charge in [0.1, 0.15) is 0 Å². The summed E-state index contributed by atoms with van der Waals surface area (Å²) in [5.74, 6) is -0.444. The number of nitrogens with zero attached hydrogens (tertiary/aromatic N) is 1. The van der Waals surface area contributed by atoms with Crippen molar-refractivity contribution in [2.45, 2.75) is 37.1 Å². The predicted molar refractivity (Wildman–Crippen MR) is 101 cm³/mol. The molecule has 0 aliphatic carbocycles. The van der Waals surface area contributed by atoms with Crippen LogP contribution in [0.3, 0.4) is 0 Å². The Hall–Kier alpha value is -1.66. The van der Waals surface area contributed by atoms with Crippen LogP contribution in [0.4, 0.5) is 0 Å². The topological polar surface area (TPSA) is 54.5 Å². The van der Waals surface area contributed by atoms with Gasteiger partial charge in [0.05, 0.1) is 10.9 Å². The molecule has 0 saturated heterocycles. The van der Waals surface area contributed by atoms with Gasteiger partial charge in [-0.25, -0.2) is 12.7 Å². The minimum atomic E-state index is -3.92. The fraction of sp³-hybridized carbons (Fsp3) is 0.316. The highest BCUT2D eigenvalue weighted by Gasteiger charge is 2.37. The number of amides is 1. The molecule has 132 valence electrons. The molecule has 3 rings (SSSR count). The van der Waals surface area contributed by atoms with Crippen molar-refractivity contribution in [3.63, 3.8) is 0 Å². The lowest BCUT2D eigenvalue weighted by molar-refractivity contribution is 0.0820. The van der Waals surface area contributed by atoms with Crippen molar-refractivity contribution >= 4 is 31.9 Å². The van der Waals surface area contributed by atoms with Gasteiger partial charge in [-0.15, -0.1) is 0 Å². The van der Waals surface area contributed by atoms with Gasteiger partial charge in [0.2, 0.25) is 0 Å². The van der Waals surface area contributed by atoms with Crippen molar-refractivity contribution in [1.82, 2.24) is 4.31 Å². The van der Waals surface area contributed by atoms with E-state index >= 15 is 0 Å². The van der Waals surface area contributed by atoms with Crippen molar-refractivity contribution in [1.29, 1.82) is 0 Å². The summed E-state index contributed by atoms with van der Waals surface area (Å²) in [5, 5.41) is 0.423. The Bertz CT molecular complexity index is 878. The second kappa shape index (κ2) is 7.30. The van der Waals surface area contributed by atoms with E-state index in [2.05, 4.69) is 15.9 Å². The molecule has 0 spiro atoms. The van der Waals surface area contributed by atoms with Gasteiger partial charge in [-0.1, -0.05) is 51.8 Å². The number of carbonyl (C=O) groups excluding carboxylic acids is 1. The van der Waals surface area contributed by atoms with E-state index in [9.17, 15) is 13.2 Å². The quantitative estimate of drug-likeness (QED) is 0.705. The fourth-order valence-electron chi connectivity index (χ4n) is 3.15. The molecule has 1 amide bonds. The highest BCUT2D eigenvalue weighted by atomic mass is 79.9. The first-order valence-corrected chi connectivity index (χ1v) is 10.8. The van der Waals surface area contributed by atoms with Crippen LogP contribution in [0, 0.1) is 6.92 Å². The summed E-state index contributed by atoms with van der Waals surface area (Å²) < 4.78 is 27.5. The summed E-state index contributed by atoms with van der Waals surface area (Å²) in [6, 6.07) is 13.5. The third kappa shape index (κ3) is 3.51. The number of sulfonamides is 1. The third-order valence-electron chi connectivity index (χ3n) is 4.52. The molecule has 1 unspecified atom stereocenters. The molecule has 25 heavy (non-hydrogen) atoms. The van der Waals surface area contributed by atoms with Crippen molar-refractivity contribution in [3.8, 4) is 0 Å². The second-order valence-electron chi connectivity index (χ2n) is 6.28. The first-order chi connectivity index (χ1) is 11.9. The monoisotopic (exact) mass is 421 g/mol. The average molecular weight is 422 g/mol. The normalized spacial score (nSPS) is 18.4. The minimum absolute atomic E-state index is 0.149. The molecule has 1 aliphatic rings. The van der Waals surface area contributed by atoms with Crippen LogP contribution in [0.5, 0.6) is 0 Å². The summed E-state index contributed by atoms with van der Waals surface area (Å²) in [4.78, 5) is 13.3. The maximum absolute atomic E-state index is 13.2. The number of hydrogen-bond acceptors (Lipinski definition) is 3. The van der Waals surface area contributed by atoms with Gasteiger partial charge in [0.25, 0.3) is 15.9 Å². The lowest BCUT2D eigenvalue weighted by Crippen LogP contribution is -2.46. The number of fused-ring (bicyclic) bond motifs is 1. The highest BCUT2D eigenvalue weighted by molar-refractivity contribution is 9.09. The van der Waals surface area contributed by atoms with Crippen molar-refractivity contribution in [2.24, 2.45) is 0 Å². The first kappa shape index (κ1) is 18.1. The zero-order chi connectivity index (χ0) is 18.0. The van der Waals surface area contributed by atoms with E-state index < -0.39 is 22.0 Å².